The minimum atomic E-state index is -4.43. The van der Waals surface area contributed by atoms with E-state index in [2.05, 4.69) is 15.6 Å². The third-order valence-electron chi connectivity index (χ3n) is 3.11. The van der Waals surface area contributed by atoms with Gasteiger partial charge in [-0.2, -0.15) is 24.5 Å². The van der Waals surface area contributed by atoms with Gasteiger partial charge in [-0.3, -0.25) is 4.99 Å². The third kappa shape index (κ3) is 7.10. The highest BCUT2D eigenvalue weighted by atomic mass is 127. The van der Waals surface area contributed by atoms with Crippen molar-refractivity contribution >= 4 is 41.3 Å². The lowest BCUT2D eigenvalue weighted by molar-refractivity contribution is -0.138. The molecule has 0 fully saturated rings. The van der Waals surface area contributed by atoms with Gasteiger partial charge in [0.15, 0.2) is 5.96 Å². The van der Waals surface area contributed by atoms with Crippen molar-refractivity contribution in [2.24, 2.45) is 4.99 Å². The van der Waals surface area contributed by atoms with Crippen molar-refractivity contribution in [3.63, 3.8) is 0 Å². The Morgan fingerprint density at radius 1 is 1.20 bits per heavy atom. The zero-order valence-corrected chi connectivity index (χ0v) is 16.6. The van der Waals surface area contributed by atoms with Crippen LogP contribution in [0.1, 0.15) is 11.1 Å². The zero-order valence-electron chi connectivity index (χ0n) is 13.5. The summed E-state index contributed by atoms with van der Waals surface area (Å²) in [5.74, 6) is 0.391. The van der Waals surface area contributed by atoms with Crippen LogP contribution in [0.2, 0.25) is 0 Å². The van der Waals surface area contributed by atoms with Crippen molar-refractivity contribution in [1.82, 2.24) is 10.6 Å². The summed E-state index contributed by atoms with van der Waals surface area (Å²) in [4.78, 5) is 4.05. The first-order valence-electron chi connectivity index (χ1n) is 7.25. The standard InChI is InChI=1S/C16H18F3N3OS.HI/c1-20-15(22-10-12-6-9-24-11-12)21-7-8-23-14-5-3-2-4-13(14)16(17,18)19;/h2-6,9,11H,7-8,10H2,1H3,(H2,20,21,22);1H. The molecule has 2 rings (SSSR count). The molecule has 1 aromatic carbocycles. The topological polar surface area (TPSA) is 45.7 Å². The number of alkyl halides is 3. The fourth-order valence-corrected chi connectivity index (χ4v) is 2.63. The normalized spacial score (nSPS) is 11.6. The highest BCUT2D eigenvalue weighted by Gasteiger charge is 2.33. The Morgan fingerprint density at radius 3 is 2.60 bits per heavy atom. The van der Waals surface area contributed by atoms with Crippen molar-refractivity contribution < 1.29 is 17.9 Å². The minimum Gasteiger partial charge on any atom is -0.491 e. The molecule has 4 nitrogen and oxygen atoms in total. The molecule has 0 amide bonds. The highest BCUT2D eigenvalue weighted by Crippen LogP contribution is 2.35. The number of nitrogens with one attached hydrogen (secondary N) is 2. The number of ether oxygens (including phenoxy) is 1. The number of para-hydroxylation sites is 1. The van der Waals surface area contributed by atoms with Gasteiger partial charge in [-0.15, -0.1) is 24.0 Å². The summed E-state index contributed by atoms with van der Waals surface area (Å²) in [6.07, 6.45) is -4.43. The molecule has 0 saturated heterocycles. The third-order valence-corrected chi connectivity index (χ3v) is 3.84. The second kappa shape index (κ2) is 10.5. The number of guanidine groups is 1. The van der Waals surface area contributed by atoms with E-state index in [-0.39, 0.29) is 36.3 Å². The summed E-state index contributed by atoms with van der Waals surface area (Å²) < 4.78 is 43.8. The molecule has 0 spiro atoms. The predicted octanol–water partition coefficient (Wildman–Crippen LogP) is 4.13. The Labute approximate surface area is 165 Å². The maximum Gasteiger partial charge on any atom is 0.419 e. The minimum absolute atomic E-state index is 0. The first-order valence-corrected chi connectivity index (χ1v) is 8.19. The first-order chi connectivity index (χ1) is 11.5. The molecule has 0 bridgehead atoms. The Morgan fingerprint density at radius 2 is 1.96 bits per heavy atom. The van der Waals surface area contributed by atoms with E-state index in [9.17, 15) is 13.2 Å². The van der Waals surface area contributed by atoms with E-state index in [1.165, 1.54) is 18.2 Å². The van der Waals surface area contributed by atoms with Gasteiger partial charge in [0.05, 0.1) is 12.1 Å². The van der Waals surface area contributed by atoms with E-state index in [0.29, 0.717) is 19.0 Å². The zero-order chi connectivity index (χ0) is 17.4. The lowest BCUT2D eigenvalue weighted by Crippen LogP contribution is -2.38. The highest BCUT2D eigenvalue weighted by molar-refractivity contribution is 14.0. The maximum absolute atomic E-state index is 12.9. The summed E-state index contributed by atoms with van der Waals surface area (Å²) in [7, 11) is 1.63. The van der Waals surface area contributed by atoms with Crippen LogP contribution in [-0.2, 0) is 12.7 Å². The molecule has 0 aliphatic heterocycles. The van der Waals surface area contributed by atoms with Crippen LogP contribution in [0.4, 0.5) is 13.2 Å². The van der Waals surface area contributed by atoms with Crippen LogP contribution in [0.25, 0.3) is 0 Å². The molecule has 9 heteroatoms. The second-order valence-electron chi connectivity index (χ2n) is 4.83. The van der Waals surface area contributed by atoms with E-state index in [4.69, 9.17) is 4.74 Å². The van der Waals surface area contributed by atoms with Crippen molar-refractivity contribution in [1.29, 1.82) is 0 Å². The Kier molecular flexibility index (Phi) is 9.04. The van der Waals surface area contributed by atoms with Gasteiger partial charge in [0, 0.05) is 13.6 Å². The summed E-state index contributed by atoms with van der Waals surface area (Å²) in [6, 6.07) is 7.17. The second-order valence-corrected chi connectivity index (χ2v) is 5.61. The van der Waals surface area contributed by atoms with Gasteiger partial charge in [0.1, 0.15) is 12.4 Å². The van der Waals surface area contributed by atoms with Crippen LogP contribution in [0.3, 0.4) is 0 Å². The van der Waals surface area contributed by atoms with Crippen molar-refractivity contribution in [2.75, 3.05) is 20.2 Å². The average Bonchev–Trinajstić information content (AvgIpc) is 3.07. The molecule has 2 N–H and O–H groups in total. The molecule has 0 aliphatic carbocycles. The van der Waals surface area contributed by atoms with Crippen LogP contribution in [-0.4, -0.2) is 26.2 Å². The monoisotopic (exact) mass is 485 g/mol. The van der Waals surface area contributed by atoms with Gasteiger partial charge in [0.2, 0.25) is 0 Å². The van der Waals surface area contributed by atoms with E-state index in [1.54, 1.807) is 18.4 Å². The number of benzene rings is 1. The molecule has 0 saturated carbocycles. The van der Waals surface area contributed by atoms with Crippen molar-refractivity contribution in [2.45, 2.75) is 12.7 Å². The van der Waals surface area contributed by atoms with Crippen molar-refractivity contribution in [3.05, 3.63) is 52.2 Å². The molecule has 1 heterocycles. The number of aliphatic imine (C=N–C) groups is 1. The first kappa shape index (κ1) is 21.6. The lowest BCUT2D eigenvalue weighted by atomic mass is 10.2. The number of hydrogen-bond acceptors (Lipinski definition) is 3. The van der Waals surface area contributed by atoms with Gasteiger partial charge in [-0.05, 0) is 34.5 Å². The maximum atomic E-state index is 12.9. The number of rotatable bonds is 6. The molecule has 1 aromatic heterocycles. The molecular formula is C16H19F3IN3OS. The van der Waals surface area contributed by atoms with E-state index in [1.807, 2.05) is 16.8 Å². The molecular weight excluding hydrogens is 466 g/mol. The Bertz CT molecular complexity index is 663. The summed E-state index contributed by atoms with van der Waals surface area (Å²) >= 11 is 1.61. The molecule has 0 aliphatic rings. The van der Waals surface area contributed by atoms with E-state index < -0.39 is 11.7 Å². The molecule has 138 valence electrons. The van der Waals surface area contributed by atoms with Gasteiger partial charge in [0.25, 0.3) is 0 Å². The smallest absolute Gasteiger partial charge is 0.419 e. The van der Waals surface area contributed by atoms with Gasteiger partial charge in [-0.25, -0.2) is 0 Å². The fraction of sp³-hybridized carbons (Fsp3) is 0.312. The van der Waals surface area contributed by atoms with Gasteiger partial charge < -0.3 is 15.4 Å². The van der Waals surface area contributed by atoms with Crippen LogP contribution in [0.5, 0.6) is 5.75 Å². The van der Waals surface area contributed by atoms with E-state index >= 15 is 0 Å². The molecule has 2 aromatic rings. The predicted molar refractivity (Wildman–Crippen MR) is 105 cm³/mol. The molecule has 0 radical (unpaired) electrons. The summed E-state index contributed by atoms with van der Waals surface area (Å²) in [5.41, 5.74) is 0.364. The average molecular weight is 485 g/mol. The van der Waals surface area contributed by atoms with Gasteiger partial charge >= 0.3 is 6.18 Å². The van der Waals surface area contributed by atoms with E-state index in [0.717, 1.165) is 11.6 Å². The fourth-order valence-electron chi connectivity index (χ4n) is 1.96. The van der Waals surface area contributed by atoms with Crippen LogP contribution < -0.4 is 15.4 Å². The largest absolute Gasteiger partial charge is 0.491 e. The van der Waals surface area contributed by atoms with Crippen LogP contribution >= 0.6 is 35.3 Å². The summed E-state index contributed by atoms with van der Waals surface area (Å²) in [5, 5.41) is 10.1. The molecule has 25 heavy (non-hydrogen) atoms. The number of thiophene rings is 1. The summed E-state index contributed by atoms with van der Waals surface area (Å²) in [6.45, 7) is 1.04. The number of halogens is 4. The molecule has 0 atom stereocenters. The number of hydrogen-bond donors (Lipinski definition) is 2. The lowest BCUT2D eigenvalue weighted by Gasteiger charge is -2.15. The van der Waals surface area contributed by atoms with Crippen LogP contribution in [0.15, 0.2) is 46.1 Å². The Hall–Kier alpha value is -1.49. The molecule has 0 unspecified atom stereocenters. The van der Waals surface area contributed by atoms with Gasteiger partial charge in [-0.1, -0.05) is 12.1 Å². The SMILES string of the molecule is CN=C(NCCOc1ccccc1C(F)(F)F)NCc1ccsc1.I. The Balaban J connectivity index is 0.00000312. The number of nitrogens with zero attached hydrogens (tertiary/aromatic N) is 1. The van der Waals surface area contributed by atoms with Crippen molar-refractivity contribution in [3.8, 4) is 5.75 Å². The quantitative estimate of drug-likeness (QED) is 0.280. The van der Waals surface area contributed by atoms with Crippen LogP contribution in [0, 0.1) is 0 Å².